The number of nitrogens with one attached hydrogen (secondary N) is 2. The van der Waals surface area contributed by atoms with E-state index in [9.17, 15) is 4.79 Å². The highest BCUT2D eigenvalue weighted by Gasteiger charge is 2.16. The summed E-state index contributed by atoms with van der Waals surface area (Å²) < 4.78 is 5.33. The molecule has 104 valence electrons. The number of morpholine rings is 1. The topological polar surface area (TPSA) is 50.4 Å². The lowest BCUT2D eigenvalue weighted by Gasteiger charge is -2.23. The monoisotopic (exact) mass is 280 g/mol. The van der Waals surface area contributed by atoms with E-state index in [2.05, 4.69) is 29.0 Å². The molecule has 0 aliphatic carbocycles. The Labute approximate surface area is 118 Å². The van der Waals surface area contributed by atoms with Gasteiger partial charge in [0.15, 0.2) is 0 Å². The van der Waals surface area contributed by atoms with Crippen molar-refractivity contribution in [1.29, 1.82) is 0 Å². The van der Waals surface area contributed by atoms with Gasteiger partial charge in [-0.15, -0.1) is 11.8 Å². The minimum Gasteiger partial charge on any atom is -0.378 e. The van der Waals surface area contributed by atoms with Gasteiger partial charge >= 0.3 is 0 Å². The van der Waals surface area contributed by atoms with Gasteiger partial charge in [0, 0.05) is 30.4 Å². The number of ether oxygens (including phenoxy) is 1. The van der Waals surface area contributed by atoms with Crippen LogP contribution in [0.25, 0.3) is 0 Å². The Kier molecular flexibility index (Phi) is 5.69. The van der Waals surface area contributed by atoms with Gasteiger partial charge in [-0.1, -0.05) is 12.1 Å². The molecule has 1 aliphatic rings. The molecule has 1 aliphatic heterocycles. The van der Waals surface area contributed by atoms with Gasteiger partial charge in [-0.3, -0.25) is 4.79 Å². The smallest absolute Gasteiger partial charge is 0.221 e. The third kappa shape index (κ3) is 4.86. The summed E-state index contributed by atoms with van der Waals surface area (Å²) in [5.41, 5.74) is 1.12. The first kappa shape index (κ1) is 14.4. The molecule has 2 N–H and O–H groups in total. The molecule has 0 spiro atoms. The lowest BCUT2D eigenvalue weighted by molar-refractivity contribution is -0.122. The molecule has 0 bridgehead atoms. The summed E-state index contributed by atoms with van der Waals surface area (Å²) in [6.07, 6.45) is 2.53. The Bertz CT molecular complexity index is 402. The summed E-state index contributed by atoms with van der Waals surface area (Å²) in [6.45, 7) is 2.77. The lowest BCUT2D eigenvalue weighted by Crippen LogP contribution is -2.44. The molecular formula is C14H20N2O2S. The Morgan fingerprint density at radius 1 is 1.47 bits per heavy atom. The van der Waals surface area contributed by atoms with Crippen LogP contribution < -0.4 is 10.6 Å². The summed E-state index contributed by atoms with van der Waals surface area (Å²) in [4.78, 5) is 13.0. The highest BCUT2D eigenvalue weighted by molar-refractivity contribution is 7.98. The Morgan fingerprint density at radius 3 is 2.89 bits per heavy atom. The number of carbonyl (C=O) groups excluding carboxylic acids is 1. The van der Waals surface area contributed by atoms with Crippen LogP contribution in [0.3, 0.4) is 0 Å². The third-order valence-corrected chi connectivity index (χ3v) is 3.82. The normalized spacial score (nSPS) is 19.1. The number of thioether (sulfide) groups is 1. The summed E-state index contributed by atoms with van der Waals surface area (Å²) in [7, 11) is 0. The van der Waals surface area contributed by atoms with E-state index in [0.717, 1.165) is 18.7 Å². The molecule has 19 heavy (non-hydrogen) atoms. The van der Waals surface area contributed by atoms with Crippen molar-refractivity contribution in [2.45, 2.75) is 23.9 Å². The molecule has 1 fully saturated rings. The zero-order valence-electron chi connectivity index (χ0n) is 11.1. The van der Waals surface area contributed by atoms with Gasteiger partial charge in [-0.2, -0.15) is 0 Å². The van der Waals surface area contributed by atoms with Crippen LogP contribution in [-0.2, 0) is 16.1 Å². The fourth-order valence-corrected chi connectivity index (χ4v) is 2.40. The van der Waals surface area contributed by atoms with Crippen LogP contribution in [0.1, 0.15) is 12.0 Å². The van der Waals surface area contributed by atoms with Gasteiger partial charge in [-0.05, 0) is 24.0 Å². The van der Waals surface area contributed by atoms with Crippen molar-refractivity contribution < 1.29 is 9.53 Å². The van der Waals surface area contributed by atoms with Crippen LogP contribution in [0.2, 0.25) is 0 Å². The first-order chi connectivity index (χ1) is 9.28. The SMILES string of the molecule is CSc1ccc(CNC(=O)CC2COCCN2)cc1. The molecule has 0 aromatic heterocycles. The number of benzene rings is 1. The van der Waals surface area contributed by atoms with Gasteiger partial charge in [0.25, 0.3) is 0 Å². The second kappa shape index (κ2) is 7.53. The van der Waals surface area contributed by atoms with Crippen molar-refractivity contribution in [1.82, 2.24) is 10.6 Å². The Balaban J connectivity index is 1.72. The van der Waals surface area contributed by atoms with Gasteiger partial charge < -0.3 is 15.4 Å². The third-order valence-electron chi connectivity index (χ3n) is 3.08. The molecule has 1 amide bonds. The van der Waals surface area contributed by atoms with E-state index >= 15 is 0 Å². The molecule has 1 unspecified atom stereocenters. The van der Waals surface area contributed by atoms with E-state index in [0.29, 0.717) is 19.6 Å². The maximum atomic E-state index is 11.8. The van der Waals surface area contributed by atoms with Crippen molar-refractivity contribution in [2.75, 3.05) is 26.0 Å². The van der Waals surface area contributed by atoms with Gasteiger partial charge in [-0.25, -0.2) is 0 Å². The first-order valence-corrected chi connectivity index (χ1v) is 7.71. The predicted octanol–water partition coefficient (Wildman–Crippen LogP) is 1.40. The van der Waals surface area contributed by atoms with Gasteiger partial charge in [0.2, 0.25) is 5.91 Å². The fourth-order valence-electron chi connectivity index (χ4n) is 1.99. The van der Waals surface area contributed by atoms with Crippen molar-refractivity contribution >= 4 is 17.7 Å². The highest BCUT2D eigenvalue weighted by Crippen LogP contribution is 2.14. The minimum atomic E-state index is 0.0666. The fraction of sp³-hybridized carbons (Fsp3) is 0.500. The zero-order valence-corrected chi connectivity index (χ0v) is 12.0. The Hall–Kier alpha value is -1.04. The standard InChI is InChI=1S/C14H20N2O2S/c1-19-13-4-2-11(3-5-13)9-16-14(17)8-12-10-18-7-6-15-12/h2-5,12,15H,6-10H2,1H3,(H,16,17). The van der Waals surface area contributed by atoms with Crippen molar-refractivity contribution in [3.63, 3.8) is 0 Å². The van der Waals surface area contributed by atoms with Crippen molar-refractivity contribution in [2.24, 2.45) is 0 Å². The average molecular weight is 280 g/mol. The van der Waals surface area contributed by atoms with Crippen LogP contribution in [-0.4, -0.2) is 38.0 Å². The largest absolute Gasteiger partial charge is 0.378 e. The summed E-state index contributed by atoms with van der Waals surface area (Å²) in [5.74, 6) is 0.0666. The maximum Gasteiger partial charge on any atom is 0.221 e. The van der Waals surface area contributed by atoms with E-state index in [1.54, 1.807) is 11.8 Å². The second-order valence-corrected chi connectivity index (χ2v) is 5.43. The molecule has 2 rings (SSSR count). The summed E-state index contributed by atoms with van der Waals surface area (Å²) >= 11 is 1.72. The number of carbonyl (C=O) groups is 1. The number of amides is 1. The van der Waals surface area contributed by atoms with Crippen LogP contribution >= 0.6 is 11.8 Å². The Morgan fingerprint density at radius 2 is 2.26 bits per heavy atom. The van der Waals surface area contributed by atoms with E-state index in [1.807, 2.05) is 12.1 Å². The molecule has 1 aromatic carbocycles. The molecule has 1 atom stereocenters. The van der Waals surface area contributed by atoms with E-state index < -0.39 is 0 Å². The maximum absolute atomic E-state index is 11.8. The molecule has 5 heteroatoms. The molecule has 0 radical (unpaired) electrons. The van der Waals surface area contributed by atoms with Gasteiger partial charge in [0.1, 0.15) is 0 Å². The van der Waals surface area contributed by atoms with Crippen LogP contribution in [0.4, 0.5) is 0 Å². The molecular weight excluding hydrogens is 260 g/mol. The van der Waals surface area contributed by atoms with Crippen LogP contribution in [0.15, 0.2) is 29.2 Å². The van der Waals surface area contributed by atoms with E-state index in [4.69, 9.17) is 4.74 Å². The molecule has 1 aromatic rings. The van der Waals surface area contributed by atoms with Gasteiger partial charge in [0.05, 0.1) is 13.2 Å². The average Bonchev–Trinajstić information content (AvgIpc) is 2.47. The molecule has 0 saturated carbocycles. The quantitative estimate of drug-likeness (QED) is 0.801. The minimum absolute atomic E-state index is 0.0666. The molecule has 1 saturated heterocycles. The molecule has 4 nitrogen and oxygen atoms in total. The van der Waals surface area contributed by atoms with Crippen molar-refractivity contribution in [3.8, 4) is 0 Å². The second-order valence-electron chi connectivity index (χ2n) is 4.55. The van der Waals surface area contributed by atoms with Crippen molar-refractivity contribution in [3.05, 3.63) is 29.8 Å². The first-order valence-electron chi connectivity index (χ1n) is 6.48. The number of rotatable bonds is 5. The summed E-state index contributed by atoms with van der Waals surface area (Å²) in [6, 6.07) is 8.39. The summed E-state index contributed by atoms with van der Waals surface area (Å²) in [5, 5.41) is 6.22. The van der Waals surface area contributed by atoms with E-state index in [1.165, 1.54) is 4.90 Å². The van der Waals surface area contributed by atoms with Crippen LogP contribution in [0, 0.1) is 0 Å². The van der Waals surface area contributed by atoms with Crippen LogP contribution in [0.5, 0.6) is 0 Å². The lowest BCUT2D eigenvalue weighted by atomic mass is 10.2. The zero-order chi connectivity index (χ0) is 13.5. The number of hydrogen-bond acceptors (Lipinski definition) is 4. The highest BCUT2D eigenvalue weighted by atomic mass is 32.2. The number of hydrogen-bond donors (Lipinski definition) is 2. The van der Waals surface area contributed by atoms with E-state index in [-0.39, 0.29) is 11.9 Å². The molecule has 1 heterocycles. The predicted molar refractivity (Wildman–Crippen MR) is 77.3 cm³/mol.